The molecule has 3 rings (SSSR count). The fourth-order valence-corrected chi connectivity index (χ4v) is 2.64. The average Bonchev–Trinajstić information content (AvgIpc) is 2.98. The molecular formula is C18H18BrN5O. The van der Waals surface area contributed by atoms with Gasteiger partial charge in [-0.1, -0.05) is 52.3 Å². The fraction of sp³-hybridized carbons (Fsp3) is 0.167. The molecule has 25 heavy (non-hydrogen) atoms. The number of hydrogen-bond donors (Lipinski definition) is 2. The summed E-state index contributed by atoms with van der Waals surface area (Å²) in [6.45, 7) is 2.58. The standard InChI is InChI=1S/C18H18BrN5O/c1-2-12-3-5-13(6-4-12)11-24-17(20)16(22-23-24)18(25)21-15-9-7-14(19)8-10-15/h3-10H,2,11,20H2,1H3,(H,21,25). The first kappa shape index (κ1) is 17.2. The number of hydrogen-bond acceptors (Lipinski definition) is 4. The van der Waals surface area contributed by atoms with Crippen LogP contribution in [0, 0.1) is 0 Å². The van der Waals surface area contributed by atoms with Crippen molar-refractivity contribution in [2.45, 2.75) is 19.9 Å². The molecule has 7 heteroatoms. The summed E-state index contributed by atoms with van der Waals surface area (Å²) in [7, 11) is 0. The maximum Gasteiger partial charge on any atom is 0.280 e. The Hall–Kier alpha value is -2.67. The van der Waals surface area contributed by atoms with Gasteiger partial charge in [-0.2, -0.15) is 0 Å². The first-order chi connectivity index (χ1) is 12.1. The average molecular weight is 400 g/mol. The topological polar surface area (TPSA) is 85.8 Å². The van der Waals surface area contributed by atoms with Gasteiger partial charge in [-0.25, -0.2) is 4.68 Å². The third-order valence-electron chi connectivity index (χ3n) is 3.85. The highest BCUT2D eigenvalue weighted by atomic mass is 79.9. The van der Waals surface area contributed by atoms with Gasteiger partial charge in [0, 0.05) is 10.2 Å². The monoisotopic (exact) mass is 399 g/mol. The van der Waals surface area contributed by atoms with E-state index in [1.807, 2.05) is 24.3 Å². The van der Waals surface area contributed by atoms with E-state index in [4.69, 9.17) is 5.73 Å². The molecule has 6 nitrogen and oxygen atoms in total. The van der Waals surface area contributed by atoms with E-state index < -0.39 is 0 Å². The largest absolute Gasteiger partial charge is 0.382 e. The second kappa shape index (κ2) is 7.48. The van der Waals surface area contributed by atoms with E-state index in [2.05, 4.69) is 50.6 Å². The molecule has 1 heterocycles. The van der Waals surface area contributed by atoms with Crippen molar-refractivity contribution in [1.82, 2.24) is 15.0 Å². The molecule has 2 aromatic carbocycles. The van der Waals surface area contributed by atoms with Crippen LogP contribution < -0.4 is 11.1 Å². The van der Waals surface area contributed by atoms with E-state index >= 15 is 0 Å². The molecule has 128 valence electrons. The van der Waals surface area contributed by atoms with E-state index in [1.54, 1.807) is 12.1 Å². The number of nitrogens with two attached hydrogens (primary N) is 1. The van der Waals surface area contributed by atoms with Crippen LogP contribution >= 0.6 is 15.9 Å². The number of anilines is 2. The highest BCUT2D eigenvalue weighted by Gasteiger charge is 2.17. The van der Waals surface area contributed by atoms with Crippen molar-refractivity contribution in [3.8, 4) is 0 Å². The zero-order valence-electron chi connectivity index (χ0n) is 13.7. The molecule has 0 aliphatic heterocycles. The summed E-state index contributed by atoms with van der Waals surface area (Å²) in [6.07, 6.45) is 0.992. The van der Waals surface area contributed by atoms with Gasteiger partial charge < -0.3 is 11.1 Å². The Morgan fingerprint density at radius 1 is 1.12 bits per heavy atom. The van der Waals surface area contributed by atoms with Crippen molar-refractivity contribution in [2.24, 2.45) is 0 Å². The molecule has 0 unspecified atom stereocenters. The third kappa shape index (κ3) is 4.06. The molecule has 0 aliphatic rings. The number of carbonyl (C=O) groups excluding carboxylic acids is 1. The maximum absolute atomic E-state index is 12.4. The van der Waals surface area contributed by atoms with Crippen LogP contribution in [0.15, 0.2) is 53.0 Å². The van der Waals surface area contributed by atoms with E-state index in [-0.39, 0.29) is 17.4 Å². The first-order valence-corrected chi connectivity index (χ1v) is 8.70. The van der Waals surface area contributed by atoms with Crippen LogP contribution in [0.5, 0.6) is 0 Å². The highest BCUT2D eigenvalue weighted by Crippen LogP contribution is 2.17. The van der Waals surface area contributed by atoms with Gasteiger partial charge in [0.15, 0.2) is 11.5 Å². The summed E-state index contributed by atoms with van der Waals surface area (Å²) in [5, 5.41) is 10.7. The predicted molar refractivity (Wildman–Crippen MR) is 101 cm³/mol. The molecule has 0 fully saturated rings. The lowest BCUT2D eigenvalue weighted by Gasteiger charge is -2.06. The molecule has 1 aromatic heterocycles. The van der Waals surface area contributed by atoms with Crippen molar-refractivity contribution < 1.29 is 4.79 Å². The maximum atomic E-state index is 12.4. The van der Waals surface area contributed by atoms with Crippen molar-refractivity contribution in [1.29, 1.82) is 0 Å². The smallest absolute Gasteiger partial charge is 0.280 e. The molecule has 0 saturated heterocycles. The zero-order valence-corrected chi connectivity index (χ0v) is 15.3. The summed E-state index contributed by atoms with van der Waals surface area (Å²) in [4.78, 5) is 12.4. The molecule has 0 atom stereocenters. The van der Waals surface area contributed by atoms with Gasteiger partial charge in [0.2, 0.25) is 0 Å². The van der Waals surface area contributed by atoms with E-state index in [0.717, 1.165) is 16.5 Å². The number of halogens is 1. The summed E-state index contributed by atoms with van der Waals surface area (Å²) in [5.74, 6) is -0.137. The molecule has 3 aromatic rings. The van der Waals surface area contributed by atoms with Crippen LogP contribution in [0.1, 0.15) is 28.5 Å². The van der Waals surface area contributed by atoms with Crippen LogP contribution in [0.25, 0.3) is 0 Å². The molecule has 0 spiro atoms. The molecular weight excluding hydrogens is 382 g/mol. The SMILES string of the molecule is CCc1ccc(Cn2nnc(C(=O)Nc3ccc(Br)cc3)c2N)cc1. The summed E-state index contributed by atoms with van der Waals surface area (Å²) >= 11 is 3.35. The van der Waals surface area contributed by atoms with Crippen LogP contribution in [-0.2, 0) is 13.0 Å². The van der Waals surface area contributed by atoms with Crippen molar-refractivity contribution in [2.75, 3.05) is 11.1 Å². The molecule has 0 aliphatic carbocycles. The molecule has 0 bridgehead atoms. The van der Waals surface area contributed by atoms with E-state index in [1.165, 1.54) is 10.2 Å². The molecule has 1 amide bonds. The van der Waals surface area contributed by atoms with Gasteiger partial charge in [0.05, 0.1) is 6.54 Å². The van der Waals surface area contributed by atoms with E-state index in [0.29, 0.717) is 12.2 Å². The minimum absolute atomic E-state index is 0.119. The van der Waals surface area contributed by atoms with Crippen molar-refractivity contribution in [3.05, 3.63) is 69.8 Å². The summed E-state index contributed by atoms with van der Waals surface area (Å²) in [6, 6.07) is 15.5. The Balaban J connectivity index is 1.73. The molecule has 0 radical (unpaired) electrons. The number of aromatic nitrogens is 3. The summed E-state index contributed by atoms with van der Waals surface area (Å²) in [5.41, 5.74) is 9.16. The second-order valence-corrected chi connectivity index (χ2v) is 6.53. The van der Waals surface area contributed by atoms with Gasteiger partial charge in [-0.05, 0) is 41.8 Å². The Labute approximate surface area is 154 Å². The highest BCUT2D eigenvalue weighted by molar-refractivity contribution is 9.10. The second-order valence-electron chi connectivity index (χ2n) is 5.61. The Morgan fingerprint density at radius 2 is 1.76 bits per heavy atom. The van der Waals surface area contributed by atoms with Crippen LogP contribution in [-0.4, -0.2) is 20.9 Å². The van der Waals surface area contributed by atoms with Gasteiger partial charge in [0.1, 0.15) is 0 Å². The number of amides is 1. The quantitative estimate of drug-likeness (QED) is 0.687. The Morgan fingerprint density at radius 3 is 2.40 bits per heavy atom. The van der Waals surface area contributed by atoms with Crippen LogP contribution in [0.2, 0.25) is 0 Å². The van der Waals surface area contributed by atoms with Gasteiger partial charge in [-0.15, -0.1) is 5.10 Å². The number of nitrogens with zero attached hydrogens (tertiary/aromatic N) is 3. The van der Waals surface area contributed by atoms with Gasteiger partial charge in [-0.3, -0.25) is 4.79 Å². The minimum Gasteiger partial charge on any atom is -0.382 e. The normalized spacial score (nSPS) is 10.6. The molecule has 0 saturated carbocycles. The number of nitrogens with one attached hydrogen (secondary N) is 1. The van der Waals surface area contributed by atoms with Gasteiger partial charge in [0.25, 0.3) is 5.91 Å². The number of benzene rings is 2. The van der Waals surface area contributed by atoms with Gasteiger partial charge >= 0.3 is 0 Å². The zero-order chi connectivity index (χ0) is 17.8. The lowest BCUT2D eigenvalue weighted by atomic mass is 10.1. The third-order valence-corrected chi connectivity index (χ3v) is 4.38. The van der Waals surface area contributed by atoms with Crippen molar-refractivity contribution in [3.63, 3.8) is 0 Å². The predicted octanol–water partition coefficient (Wildman–Crippen LogP) is 3.49. The minimum atomic E-state index is -0.382. The van der Waals surface area contributed by atoms with Crippen LogP contribution in [0.3, 0.4) is 0 Å². The number of nitrogen functional groups attached to an aromatic ring is 1. The lowest BCUT2D eigenvalue weighted by molar-refractivity contribution is 0.102. The number of carbonyl (C=O) groups is 1. The number of aryl methyl sites for hydroxylation is 1. The Kier molecular flexibility index (Phi) is 5.14. The van der Waals surface area contributed by atoms with Crippen LogP contribution in [0.4, 0.5) is 11.5 Å². The Bertz CT molecular complexity index is 871. The van der Waals surface area contributed by atoms with E-state index in [9.17, 15) is 4.79 Å². The lowest BCUT2D eigenvalue weighted by Crippen LogP contribution is -2.15. The fourth-order valence-electron chi connectivity index (χ4n) is 2.38. The molecule has 3 N–H and O–H groups in total. The first-order valence-electron chi connectivity index (χ1n) is 7.90. The van der Waals surface area contributed by atoms with Crippen molar-refractivity contribution >= 4 is 33.3 Å². The summed E-state index contributed by atoms with van der Waals surface area (Å²) < 4.78 is 2.46. The number of rotatable bonds is 5.